The lowest BCUT2D eigenvalue weighted by molar-refractivity contribution is -0.138. The van der Waals surface area contributed by atoms with Gasteiger partial charge in [0.25, 0.3) is 5.91 Å². The quantitative estimate of drug-likeness (QED) is 0.710. The van der Waals surface area contributed by atoms with E-state index in [1.165, 1.54) is 0 Å². The zero-order valence-corrected chi connectivity index (χ0v) is 17.1. The second kappa shape index (κ2) is 7.76. The van der Waals surface area contributed by atoms with Crippen LogP contribution in [0.15, 0.2) is 24.3 Å². The van der Waals surface area contributed by atoms with Crippen molar-refractivity contribution in [2.45, 2.75) is 31.8 Å². The first-order valence-electron chi connectivity index (χ1n) is 10.3. The average molecular weight is 399 g/mol. The van der Waals surface area contributed by atoms with Gasteiger partial charge in [0.15, 0.2) is 0 Å². The molecule has 1 aromatic rings. The number of nitrogens with zero attached hydrogens (tertiary/aromatic N) is 3. The SMILES string of the molecule is Cc1ccc(C2(C)NC(=O)N(CC(=O)N3CCC(N4CCNCC4)C3)C2=O)cc1. The Morgan fingerprint density at radius 1 is 1.14 bits per heavy atom. The Hall–Kier alpha value is -2.45. The van der Waals surface area contributed by atoms with Gasteiger partial charge in [-0.1, -0.05) is 29.8 Å². The molecule has 1 aromatic carbocycles. The fourth-order valence-corrected chi connectivity index (χ4v) is 4.47. The number of likely N-dealkylation sites (tertiary alicyclic amines) is 1. The summed E-state index contributed by atoms with van der Waals surface area (Å²) in [5, 5.41) is 6.12. The molecule has 3 heterocycles. The molecule has 3 aliphatic rings. The summed E-state index contributed by atoms with van der Waals surface area (Å²) in [5.74, 6) is -0.545. The third-order valence-electron chi connectivity index (χ3n) is 6.38. The molecule has 4 rings (SSSR count). The maximum absolute atomic E-state index is 13.0. The highest BCUT2D eigenvalue weighted by molar-refractivity contribution is 6.09. The Balaban J connectivity index is 1.40. The van der Waals surface area contributed by atoms with Gasteiger partial charge in [-0.2, -0.15) is 0 Å². The summed E-state index contributed by atoms with van der Waals surface area (Å²) in [4.78, 5) is 43.7. The number of urea groups is 1. The van der Waals surface area contributed by atoms with Crippen molar-refractivity contribution in [1.82, 2.24) is 25.3 Å². The lowest BCUT2D eigenvalue weighted by atomic mass is 9.91. The predicted octanol–water partition coefficient (Wildman–Crippen LogP) is 0.268. The van der Waals surface area contributed by atoms with E-state index >= 15 is 0 Å². The lowest BCUT2D eigenvalue weighted by Gasteiger charge is -2.32. The molecule has 156 valence electrons. The van der Waals surface area contributed by atoms with Gasteiger partial charge in [0, 0.05) is 45.3 Å². The van der Waals surface area contributed by atoms with Crippen molar-refractivity contribution < 1.29 is 14.4 Å². The van der Waals surface area contributed by atoms with Crippen LogP contribution >= 0.6 is 0 Å². The van der Waals surface area contributed by atoms with E-state index in [0.717, 1.165) is 48.6 Å². The molecule has 3 saturated heterocycles. The fraction of sp³-hybridized carbons (Fsp3) is 0.571. The van der Waals surface area contributed by atoms with Crippen molar-refractivity contribution in [1.29, 1.82) is 0 Å². The summed E-state index contributed by atoms with van der Waals surface area (Å²) in [6.45, 7) is 8.73. The van der Waals surface area contributed by atoms with Gasteiger partial charge < -0.3 is 15.5 Å². The van der Waals surface area contributed by atoms with Crippen LogP contribution < -0.4 is 10.6 Å². The Bertz CT molecular complexity index is 805. The van der Waals surface area contributed by atoms with Gasteiger partial charge in [0.1, 0.15) is 12.1 Å². The highest BCUT2D eigenvalue weighted by atomic mass is 16.2. The van der Waals surface area contributed by atoms with Gasteiger partial charge in [-0.05, 0) is 25.8 Å². The van der Waals surface area contributed by atoms with Crippen molar-refractivity contribution in [2.24, 2.45) is 0 Å². The minimum absolute atomic E-state index is 0.167. The molecule has 0 aromatic heterocycles. The van der Waals surface area contributed by atoms with Crippen LogP contribution in [0.5, 0.6) is 0 Å². The van der Waals surface area contributed by atoms with Gasteiger partial charge in [-0.3, -0.25) is 19.4 Å². The van der Waals surface area contributed by atoms with Crippen LogP contribution in [0.1, 0.15) is 24.5 Å². The number of carbonyl (C=O) groups excluding carboxylic acids is 3. The van der Waals surface area contributed by atoms with Gasteiger partial charge in [-0.25, -0.2) is 4.79 Å². The third kappa shape index (κ3) is 3.74. The van der Waals surface area contributed by atoms with Gasteiger partial charge in [-0.15, -0.1) is 0 Å². The molecule has 2 unspecified atom stereocenters. The molecule has 29 heavy (non-hydrogen) atoms. The second-order valence-corrected chi connectivity index (χ2v) is 8.38. The number of benzene rings is 1. The van der Waals surface area contributed by atoms with E-state index in [4.69, 9.17) is 0 Å². The third-order valence-corrected chi connectivity index (χ3v) is 6.38. The van der Waals surface area contributed by atoms with Crippen LogP contribution in [-0.2, 0) is 15.1 Å². The predicted molar refractivity (Wildman–Crippen MR) is 108 cm³/mol. The first kappa shape index (κ1) is 19.8. The van der Waals surface area contributed by atoms with Crippen molar-refractivity contribution in [2.75, 3.05) is 45.8 Å². The number of aryl methyl sites for hydroxylation is 1. The minimum Gasteiger partial charge on any atom is -0.340 e. The van der Waals surface area contributed by atoms with Crippen LogP contribution in [0, 0.1) is 6.92 Å². The number of nitrogens with one attached hydrogen (secondary N) is 2. The maximum atomic E-state index is 13.0. The van der Waals surface area contributed by atoms with E-state index < -0.39 is 11.6 Å². The maximum Gasteiger partial charge on any atom is 0.325 e. The molecule has 0 spiro atoms. The monoisotopic (exact) mass is 399 g/mol. The molecule has 8 nitrogen and oxygen atoms in total. The number of amides is 4. The molecule has 3 fully saturated rings. The number of imide groups is 1. The number of hydrogen-bond acceptors (Lipinski definition) is 5. The zero-order valence-electron chi connectivity index (χ0n) is 17.1. The first-order chi connectivity index (χ1) is 13.9. The summed E-state index contributed by atoms with van der Waals surface area (Å²) < 4.78 is 0. The highest BCUT2D eigenvalue weighted by Crippen LogP contribution is 2.29. The smallest absolute Gasteiger partial charge is 0.325 e. The zero-order chi connectivity index (χ0) is 20.6. The molecular formula is C21H29N5O3. The standard InChI is InChI=1S/C21H29N5O3/c1-15-3-5-16(6-4-15)21(2)19(28)26(20(29)23-21)14-18(27)25-10-7-17(13-25)24-11-8-22-9-12-24/h3-6,17,22H,7-14H2,1-2H3,(H,23,29). The largest absolute Gasteiger partial charge is 0.340 e. The Morgan fingerprint density at radius 2 is 1.83 bits per heavy atom. The molecule has 3 aliphatic heterocycles. The Kier molecular flexibility index (Phi) is 5.31. The van der Waals surface area contributed by atoms with Gasteiger partial charge in [0.05, 0.1) is 0 Å². The second-order valence-electron chi connectivity index (χ2n) is 8.38. The summed E-state index contributed by atoms with van der Waals surface area (Å²) >= 11 is 0. The van der Waals surface area contributed by atoms with E-state index in [-0.39, 0.29) is 18.4 Å². The molecule has 2 N–H and O–H groups in total. The van der Waals surface area contributed by atoms with Crippen LogP contribution in [0.25, 0.3) is 0 Å². The van der Waals surface area contributed by atoms with Crippen LogP contribution in [-0.4, -0.2) is 84.4 Å². The first-order valence-corrected chi connectivity index (χ1v) is 10.3. The highest BCUT2D eigenvalue weighted by Gasteiger charge is 2.50. The molecule has 0 saturated carbocycles. The Morgan fingerprint density at radius 3 is 2.52 bits per heavy atom. The lowest BCUT2D eigenvalue weighted by Crippen LogP contribution is -2.50. The molecular weight excluding hydrogens is 370 g/mol. The van der Waals surface area contributed by atoms with Gasteiger partial charge in [0.2, 0.25) is 5.91 Å². The number of hydrogen-bond donors (Lipinski definition) is 2. The van der Waals surface area contributed by atoms with Crippen molar-refractivity contribution in [3.8, 4) is 0 Å². The summed E-state index contributed by atoms with van der Waals surface area (Å²) in [6, 6.07) is 7.36. The van der Waals surface area contributed by atoms with Crippen molar-refractivity contribution >= 4 is 17.8 Å². The molecule has 2 atom stereocenters. The van der Waals surface area contributed by atoms with Crippen molar-refractivity contribution in [3.05, 3.63) is 35.4 Å². The molecule has 4 amide bonds. The van der Waals surface area contributed by atoms with Crippen molar-refractivity contribution in [3.63, 3.8) is 0 Å². The van der Waals surface area contributed by atoms with Gasteiger partial charge >= 0.3 is 6.03 Å². The average Bonchev–Trinajstić information content (AvgIpc) is 3.29. The van der Waals surface area contributed by atoms with Crippen LogP contribution in [0.2, 0.25) is 0 Å². The summed E-state index contributed by atoms with van der Waals surface area (Å²) in [7, 11) is 0. The van der Waals surface area contributed by atoms with E-state index in [2.05, 4.69) is 15.5 Å². The molecule has 8 heteroatoms. The van der Waals surface area contributed by atoms with E-state index in [1.54, 1.807) is 11.8 Å². The summed E-state index contributed by atoms with van der Waals surface area (Å²) in [6.07, 6.45) is 0.937. The van der Waals surface area contributed by atoms with Crippen LogP contribution in [0.3, 0.4) is 0 Å². The summed E-state index contributed by atoms with van der Waals surface area (Å²) in [5.41, 5.74) is 0.657. The van der Waals surface area contributed by atoms with E-state index in [0.29, 0.717) is 19.1 Å². The molecule has 0 bridgehead atoms. The molecule has 0 aliphatic carbocycles. The number of piperazine rings is 1. The Labute approximate surface area is 171 Å². The van der Waals surface area contributed by atoms with E-state index in [9.17, 15) is 14.4 Å². The molecule has 0 radical (unpaired) electrons. The normalized spacial score (nSPS) is 28.1. The minimum atomic E-state index is -1.14. The fourth-order valence-electron chi connectivity index (χ4n) is 4.47. The number of carbonyl (C=O) groups is 3. The van der Waals surface area contributed by atoms with Crippen LogP contribution in [0.4, 0.5) is 4.79 Å². The topological polar surface area (TPSA) is 85.0 Å². The number of rotatable bonds is 4. The van der Waals surface area contributed by atoms with E-state index in [1.807, 2.05) is 31.2 Å².